The predicted molar refractivity (Wildman–Crippen MR) is 90.6 cm³/mol. The number of benzene rings is 1. The van der Waals surface area contributed by atoms with E-state index in [1.807, 2.05) is 31.2 Å². The summed E-state index contributed by atoms with van der Waals surface area (Å²) < 4.78 is 9.88. The number of aryl methyl sites for hydroxylation is 1. The quantitative estimate of drug-likeness (QED) is 0.539. The van der Waals surface area contributed by atoms with Crippen molar-refractivity contribution in [3.63, 3.8) is 0 Å². The molecule has 6 nitrogen and oxygen atoms in total. The van der Waals surface area contributed by atoms with Gasteiger partial charge in [-0.15, -0.1) is 0 Å². The molecule has 1 aromatic rings. The molecule has 0 unspecified atom stereocenters. The first-order valence-electron chi connectivity index (χ1n) is 8.08. The number of ether oxygens (including phenoxy) is 2. The van der Waals surface area contributed by atoms with E-state index < -0.39 is 17.9 Å². The first-order chi connectivity index (χ1) is 11.4. The maximum absolute atomic E-state index is 12.0. The largest absolute Gasteiger partial charge is 0.465 e. The Morgan fingerprint density at radius 2 is 1.50 bits per heavy atom. The Morgan fingerprint density at radius 3 is 1.92 bits per heavy atom. The van der Waals surface area contributed by atoms with Gasteiger partial charge in [-0.3, -0.25) is 14.4 Å². The van der Waals surface area contributed by atoms with Gasteiger partial charge in [-0.2, -0.15) is 0 Å². The summed E-state index contributed by atoms with van der Waals surface area (Å²) in [6.45, 7) is 7.35. The first-order valence-corrected chi connectivity index (χ1v) is 8.08. The summed E-state index contributed by atoms with van der Waals surface area (Å²) in [7, 11) is 0. The number of anilines is 1. The normalized spacial score (nSPS) is 10.4. The van der Waals surface area contributed by atoms with Crippen LogP contribution in [0.5, 0.6) is 0 Å². The van der Waals surface area contributed by atoms with Crippen molar-refractivity contribution in [1.29, 1.82) is 0 Å². The minimum atomic E-state index is -1.03. The van der Waals surface area contributed by atoms with Crippen molar-refractivity contribution < 1.29 is 23.9 Å². The lowest BCUT2D eigenvalue weighted by Gasteiger charge is -2.23. The van der Waals surface area contributed by atoms with Crippen LogP contribution in [0.15, 0.2) is 24.3 Å². The lowest BCUT2D eigenvalue weighted by molar-refractivity contribution is -0.161. The second-order valence-electron chi connectivity index (χ2n) is 5.35. The Hall–Kier alpha value is -2.37. The summed E-state index contributed by atoms with van der Waals surface area (Å²) in [5, 5.41) is 0. The molecule has 0 aliphatic heterocycles. The number of amides is 1. The molecule has 0 bridgehead atoms. The zero-order valence-corrected chi connectivity index (χ0v) is 14.7. The van der Waals surface area contributed by atoms with E-state index in [1.165, 1.54) is 11.8 Å². The first kappa shape index (κ1) is 19.7. The molecule has 0 atom stereocenters. The van der Waals surface area contributed by atoms with Crippen LogP contribution in [0, 0.1) is 12.8 Å². The number of esters is 2. The zero-order valence-electron chi connectivity index (χ0n) is 14.7. The van der Waals surface area contributed by atoms with Crippen molar-refractivity contribution in [2.24, 2.45) is 5.92 Å². The van der Waals surface area contributed by atoms with Crippen LogP contribution in [0.3, 0.4) is 0 Å². The van der Waals surface area contributed by atoms with Crippen LogP contribution < -0.4 is 4.90 Å². The molecule has 0 radical (unpaired) electrons. The highest BCUT2D eigenvalue weighted by Crippen LogP contribution is 2.18. The number of hydrogen-bond acceptors (Lipinski definition) is 5. The molecule has 6 heteroatoms. The van der Waals surface area contributed by atoms with E-state index in [2.05, 4.69) is 0 Å². The fraction of sp³-hybridized carbons (Fsp3) is 0.500. The Labute approximate surface area is 142 Å². The number of rotatable bonds is 8. The highest BCUT2D eigenvalue weighted by atomic mass is 16.6. The molecule has 0 saturated carbocycles. The number of hydrogen-bond donors (Lipinski definition) is 0. The van der Waals surface area contributed by atoms with Gasteiger partial charge in [-0.1, -0.05) is 17.7 Å². The molecule has 0 aromatic heterocycles. The molecular weight excluding hydrogens is 310 g/mol. The van der Waals surface area contributed by atoms with Crippen molar-refractivity contribution >= 4 is 23.5 Å². The van der Waals surface area contributed by atoms with Gasteiger partial charge in [0.25, 0.3) is 0 Å². The zero-order chi connectivity index (χ0) is 18.1. The maximum atomic E-state index is 12.0. The van der Waals surface area contributed by atoms with Crippen LogP contribution in [0.25, 0.3) is 0 Å². The van der Waals surface area contributed by atoms with Gasteiger partial charge in [0.15, 0.2) is 5.92 Å². The SMILES string of the molecule is CCOC(=O)C(CCN(C(C)=O)c1ccc(C)cc1)C(=O)OCC. The van der Waals surface area contributed by atoms with E-state index in [0.717, 1.165) is 11.3 Å². The van der Waals surface area contributed by atoms with Crippen molar-refractivity contribution in [1.82, 2.24) is 0 Å². The number of nitrogens with zero attached hydrogens (tertiary/aromatic N) is 1. The van der Waals surface area contributed by atoms with E-state index >= 15 is 0 Å². The number of carbonyl (C=O) groups excluding carboxylic acids is 3. The Morgan fingerprint density at radius 1 is 1.00 bits per heavy atom. The smallest absolute Gasteiger partial charge is 0.320 e. The second kappa shape index (κ2) is 9.70. The lowest BCUT2D eigenvalue weighted by atomic mass is 10.1. The van der Waals surface area contributed by atoms with E-state index in [4.69, 9.17) is 9.47 Å². The third-order valence-corrected chi connectivity index (χ3v) is 3.51. The molecule has 0 aliphatic rings. The minimum Gasteiger partial charge on any atom is -0.465 e. The van der Waals surface area contributed by atoms with Crippen molar-refractivity contribution in [2.75, 3.05) is 24.7 Å². The van der Waals surface area contributed by atoms with Gasteiger partial charge in [0.05, 0.1) is 13.2 Å². The summed E-state index contributed by atoms with van der Waals surface area (Å²) in [6, 6.07) is 7.47. The molecule has 0 saturated heterocycles. The van der Waals surface area contributed by atoms with E-state index in [9.17, 15) is 14.4 Å². The average molecular weight is 335 g/mol. The van der Waals surface area contributed by atoms with Gasteiger partial charge >= 0.3 is 11.9 Å². The lowest BCUT2D eigenvalue weighted by Crippen LogP contribution is -2.35. The van der Waals surface area contributed by atoms with E-state index in [1.54, 1.807) is 13.8 Å². The van der Waals surface area contributed by atoms with Gasteiger partial charge in [-0.05, 0) is 39.3 Å². The van der Waals surface area contributed by atoms with Crippen molar-refractivity contribution in [3.8, 4) is 0 Å². The Balaban J connectivity index is 2.87. The van der Waals surface area contributed by atoms with Crippen molar-refractivity contribution in [2.45, 2.75) is 34.1 Å². The van der Waals surface area contributed by atoms with Gasteiger partial charge in [0.2, 0.25) is 5.91 Å². The highest BCUT2D eigenvalue weighted by Gasteiger charge is 2.30. The monoisotopic (exact) mass is 335 g/mol. The Bertz CT molecular complexity index is 549. The standard InChI is InChI=1S/C18H25NO5/c1-5-23-17(21)16(18(22)24-6-2)11-12-19(14(4)20)15-9-7-13(3)8-10-15/h7-10,16H,5-6,11-12H2,1-4H3. The average Bonchev–Trinajstić information content (AvgIpc) is 2.52. The summed E-state index contributed by atoms with van der Waals surface area (Å²) >= 11 is 0. The molecular formula is C18H25NO5. The van der Waals surface area contributed by atoms with Crippen LogP contribution >= 0.6 is 0 Å². The minimum absolute atomic E-state index is 0.144. The third kappa shape index (κ3) is 5.68. The predicted octanol–water partition coefficient (Wildman–Crippen LogP) is 2.48. The Kier molecular flexibility index (Phi) is 7.95. The van der Waals surface area contributed by atoms with Crippen LogP contribution in [-0.4, -0.2) is 37.6 Å². The fourth-order valence-electron chi connectivity index (χ4n) is 2.27. The van der Waals surface area contributed by atoms with Crippen LogP contribution in [-0.2, 0) is 23.9 Å². The topological polar surface area (TPSA) is 72.9 Å². The van der Waals surface area contributed by atoms with E-state index in [-0.39, 0.29) is 32.1 Å². The fourth-order valence-corrected chi connectivity index (χ4v) is 2.27. The summed E-state index contributed by atoms with van der Waals surface area (Å²) in [5.41, 5.74) is 1.80. The molecule has 24 heavy (non-hydrogen) atoms. The van der Waals surface area contributed by atoms with Gasteiger partial charge in [0, 0.05) is 19.2 Å². The molecule has 0 N–H and O–H groups in total. The van der Waals surface area contributed by atoms with Crippen LogP contribution in [0.1, 0.15) is 32.8 Å². The van der Waals surface area contributed by atoms with Crippen molar-refractivity contribution in [3.05, 3.63) is 29.8 Å². The summed E-state index contributed by atoms with van der Waals surface area (Å²) in [5.74, 6) is -2.44. The van der Waals surface area contributed by atoms with E-state index in [0.29, 0.717) is 0 Å². The molecule has 0 spiro atoms. The van der Waals surface area contributed by atoms with Crippen LogP contribution in [0.4, 0.5) is 5.69 Å². The molecule has 0 fully saturated rings. The number of carbonyl (C=O) groups is 3. The molecule has 1 amide bonds. The maximum Gasteiger partial charge on any atom is 0.320 e. The second-order valence-corrected chi connectivity index (χ2v) is 5.35. The summed E-state index contributed by atoms with van der Waals surface area (Å²) in [4.78, 5) is 37.5. The molecule has 0 heterocycles. The molecule has 1 rings (SSSR count). The van der Waals surface area contributed by atoms with Gasteiger partial charge in [-0.25, -0.2) is 0 Å². The van der Waals surface area contributed by atoms with Crippen LogP contribution in [0.2, 0.25) is 0 Å². The molecule has 132 valence electrons. The van der Waals surface area contributed by atoms with Gasteiger partial charge in [0.1, 0.15) is 0 Å². The third-order valence-electron chi connectivity index (χ3n) is 3.51. The molecule has 0 aliphatic carbocycles. The van der Waals surface area contributed by atoms with Gasteiger partial charge < -0.3 is 14.4 Å². The highest BCUT2D eigenvalue weighted by molar-refractivity contribution is 5.95. The summed E-state index contributed by atoms with van der Waals surface area (Å²) in [6.07, 6.45) is 0.144. The molecule has 1 aromatic carbocycles.